The van der Waals surface area contributed by atoms with E-state index in [1.165, 1.54) is 0 Å². The molecule has 0 amide bonds. The molecule has 0 spiro atoms. The zero-order valence-electron chi connectivity index (χ0n) is 12.8. The third kappa shape index (κ3) is 3.47. The number of anilines is 3. The van der Waals surface area contributed by atoms with E-state index < -0.39 is 0 Å². The average molecular weight is 280 g/mol. The second kappa shape index (κ2) is 6.69. The van der Waals surface area contributed by atoms with Crippen molar-refractivity contribution >= 4 is 17.8 Å². The minimum absolute atomic E-state index is 0.427. The lowest BCUT2D eigenvalue weighted by molar-refractivity contribution is 0.0852. The van der Waals surface area contributed by atoms with E-state index in [-0.39, 0.29) is 0 Å². The number of nitrogens with one attached hydrogen (secondary N) is 1. The molecule has 1 saturated heterocycles. The van der Waals surface area contributed by atoms with Gasteiger partial charge in [0.15, 0.2) is 0 Å². The van der Waals surface area contributed by atoms with Crippen LogP contribution in [0.3, 0.4) is 0 Å². The fourth-order valence-corrected chi connectivity index (χ4v) is 2.18. The fourth-order valence-electron chi connectivity index (χ4n) is 2.18. The summed E-state index contributed by atoms with van der Waals surface area (Å²) in [6.45, 7) is 4.43. The first-order valence-corrected chi connectivity index (χ1v) is 7.09. The average Bonchev–Trinajstić information content (AvgIpc) is 2.47. The van der Waals surface area contributed by atoms with Gasteiger partial charge in [-0.15, -0.1) is 0 Å². The van der Waals surface area contributed by atoms with Crippen molar-refractivity contribution in [2.24, 2.45) is 0 Å². The first-order chi connectivity index (χ1) is 9.61. The van der Waals surface area contributed by atoms with Crippen LogP contribution in [0.5, 0.6) is 0 Å². The first-order valence-electron chi connectivity index (χ1n) is 7.09. The monoisotopic (exact) mass is 280 g/mol. The molecule has 1 fully saturated rings. The lowest BCUT2D eigenvalue weighted by atomic mass is 10.1. The maximum Gasteiger partial charge on any atom is 0.231 e. The molecule has 0 aliphatic carbocycles. The summed E-state index contributed by atoms with van der Waals surface area (Å²) >= 11 is 0. The maximum atomic E-state index is 5.41. The van der Waals surface area contributed by atoms with Crippen LogP contribution in [0.1, 0.15) is 19.8 Å². The normalized spacial score (nSPS) is 16.0. The van der Waals surface area contributed by atoms with Gasteiger partial charge < -0.3 is 19.9 Å². The first kappa shape index (κ1) is 14.8. The van der Waals surface area contributed by atoms with Gasteiger partial charge in [0.25, 0.3) is 0 Å². The predicted molar refractivity (Wildman–Crippen MR) is 80.6 cm³/mol. The second-order valence-corrected chi connectivity index (χ2v) is 5.14. The van der Waals surface area contributed by atoms with Crippen molar-refractivity contribution in [3.63, 3.8) is 0 Å². The van der Waals surface area contributed by atoms with Gasteiger partial charge in [0.05, 0.1) is 0 Å². The summed E-state index contributed by atoms with van der Waals surface area (Å²) in [5.74, 6) is 2.01. The molecule has 1 aromatic heterocycles. The van der Waals surface area contributed by atoms with Crippen LogP contribution in [0.25, 0.3) is 0 Å². The van der Waals surface area contributed by atoms with Gasteiger partial charge in [-0.1, -0.05) is 0 Å². The second-order valence-electron chi connectivity index (χ2n) is 5.14. The zero-order chi connectivity index (χ0) is 14.5. The molecular formula is C13H24N6O. The number of aromatic nitrogens is 3. The van der Waals surface area contributed by atoms with Crippen molar-refractivity contribution in [3.05, 3.63) is 0 Å². The van der Waals surface area contributed by atoms with Crippen LogP contribution >= 0.6 is 0 Å². The minimum atomic E-state index is 0.427. The highest BCUT2D eigenvalue weighted by Crippen LogP contribution is 2.20. The highest BCUT2D eigenvalue weighted by molar-refractivity contribution is 5.44. The van der Waals surface area contributed by atoms with Crippen LogP contribution in [0.4, 0.5) is 17.8 Å². The van der Waals surface area contributed by atoms with Crippen molar-refractivity contribution < 1.29 is 4.74 Å². The Morgan fingerprint density at radius 3 is 2.35 bits per heavy atom. The van der Waals surface area contributed by atoms with Gasteiger partial charge in [0.2, 0.25) is 17.8 Å². The number of rotatable bonds is 5. The van der Waals surface area contributed by atoms with Gasteiger partial charge in [0.1, 0.15) is 0 Å². The molecule has 0 bridgehead atoms. The number of ether oxygens (including phenoxy) is 1. The van der Waals surface area contributed by atoms with Gasteiger partial charge in [-0.05, 0) is 19.8 Å². The number of hydrogen-bond donors (Lipinski definition) is 1. The molecule has 1 N–H and O–H groups in total. The van der Waals surface area contributed by atoms with Gasteiger partial charge in [-0.2, -0.15) is 15.0 Å². The molecule has 7 heteroatoms. The Balaban J connectivity index is 2.23. The van der Waals surface area contributed by atoms with Gasteiger partial charge in [-0.25, -0.2) is 0 Å². The predicted octanol–water partition coefficient (Wildman–Crippen LogP) is 0.985. The molecule has 2 rings (SSSR count). The van der Waals surface area contributed by atoms with Crippen LogP contribution in [0.2, 0.25) is 0 Å². The van der Waals surface area contributed by atoms with Crippen LogP contribution in [-0.2, 0) is 4.74 Å². The van der Waals surface area contributed by atoms with Crippen molar-refractivity contribution in [1.82, 2.24) is 15.0 Å². The molecule has 0 atom stereocenters. The molecule has 1 aliphatic rings. The maximum absolute atomic E-state index is 5.41. The minimum Gasteiger partial charge on any atom is -0.381 e. The molecule has 0 aromatic carbocycles. The van der Waals surface area contributed by atoms with Crippen molar-refractivity contribution in [2.45, 2.75) is 25.8 Å². The highest BCUT2D eigenvalue weighted by atomic mass is 16.5. The third-order valence-electron chi connectivity index (χ3n) is 3.40. The molecule has 0 unspecified atom stereocenters. The molecular weight excluding hydrogens is 256 g/mol. The summed E-state index contributed by atoms with van der Waals surface area (Å²) in [6.07, 6.45) is 2.02. The Labute approximate surface area is 120 Å². The molecule has 7 nitrogen and oxygen atoms in total. The Morgan fingerprint density at radius 1 is 1.10 bits per heavy atom. The lowest BCUT2D eigenvalue weighted by Gasteiger charge is -2.31. The zero-order valence-corrected chi connectivity index (χ0v) is 12.8. The molecule has 1 aromatic rings. The quantitative estimate of drug-likeness (QED) is 0.862. The lowest BCUT2D eigenvalue weighted by Crippen LogP contribution is -2.38. The molecule has 112 valence electrons. The summed E-state index contributed by atoms with van der Waals surface area (Å²) in [4.78, 5) is 17.5. The summed E-state index contributed by atoms with van der Waals surface area (Å²) in [5, 5.41) is 3.16. The number of nitrogens with zero attached hydrogens (tertiary/aromatic N) is 5. The fraction of sp³-hybridized carbons (Fsp3) is 0.769. The van der Waals surface area contributed by atoms with E-state index in [1.807, 2.05) is 33.0 Å². The summed E-state index contributed by atoms with van der Waals surface area (Å²) < 4.78 is 5.41. The van der Waals surface area contributed by atoms with Crippen molar-refractivity contribution in [3.8, 4) is 0 Å². The van der Waals surface area contributed by atoms with Crippen molar-refractivity contribution in [2.75, 3.05) is 56.0 Å². The Morgan fingerprint density at radius 2 is 1.75 bits per heavy atom. The Bertz CT molecular complexity index is 433. The standard InChI is InChI=1S/C13H24N6O/c1-5-14-11-15-12(18(2)3)17-13(16-11)19(4)10-6-8-20-9-7-10/h10H,5-9H2,1-4H3,(H,14,15,16,17). The molecule has 20 heavy (non-hydrogen) atoms. The highest BCUT2D eigenvalue weighted by Gasteiger charge is 2.22. The third-order valence-corrected chi connectivity index (χ3v) is 3.40. The topological polar surface area (TPSA) is 66.4 Å². The van der Waals surface area contributed by atoms with Gasteiger partial charge >= 0.3 is 0 Å². The van der Waals surface area contributed by atoms with Crippen LogP contribution < -0.4 is 15.1 Å². The van der Waals surface area contributed by atoms with Crippen LogP contribution in [-0.4, -0.2) is 61.9 Å². The van der Waals surface area contributed by atoms with E-state index in [0.717, 1.165) is 32.6 Å². The summed E-state index contributed by atoms with van der Waals surface area (Å²) in [5.41, 5.74) is 0. The smallest absolute Gasteiger partial charge is 0.231 e. The van der Waals surface area contributed by atoms with E-state index in [2.05, 4.69) is 25.2 Å². The molecule has 2 heterocycles. The van der Waals surface area contributed by atoms with E-state index in [9.17, 15) is 0 Å². The van der Waals surface area contributed by atoms with E-state index in [1.54, 1.807) is 0 Å². The largest absolute Gasteiger partial charge is 0.381 e. The van der Waals surface area contributed by atoms with Gasteiger partial charge in [0, 0.05) is 46.9 Å². The molecule has 0 radical (unpaired) electrons. The van der Waals surface area contributed by atoms with E-state index >= 15 is 0 Å². The summed E-state index contributed by atoms with van der Waals surface area (Å²) in [7, 11) is 5.91. The SMILES string of the molecule is CCNc1nc(N(C)C)nc(N(C)C2CCOCC2)n1. The van der Waals surface area contributed by atoms with Crippen molar-refractivity contribution in [1.29, 1.82) is 0 Å². The Hall–Kier alpha value is -1.63. The Kier molecular flexibility index (Phi) is 4.94. The van der Waals surface area contributed by atoms with Crippen LogP contribution in [0, 0.1) is 0 Å². The molecule has 0 saturated carbocycles. The van der Waals surface area contributed by atoms with Crippen LogP contribution in [0.15, 0.2) is 0 Å². The number of hydrogen-bond acceptors (Lipinski definition) is 7. The van der Waals surface area contributed by atoms with E-state index in [4.69, 9.17) is 4.74 Å². The van der Waals surface area contributed by atoms with Gasteiger partial charge in [-0.3, -0.25) is 0 Å². The summed E-state index contributed by atoms with van der Waals surface area (Å²) in [6, 6.07) is 0.427. The van der Waals surface area contributed by atoms with E-state index in [0.29, 0.717) is 23.9 Å². The molecule has 1 aliphatic heterocycles.